The van der Waals surface area contributed by atoms with Crippen LogP contribution >= 0.6 is 23.2 Å². The molecule has 0 spiro atoms. The lowest BCUT2D eigenvalue weighted by Gasteiger charge is -2.37. The molecule has 0 saturated carbocycles. The van der Waals surface area contributed by atoms with Crippen LogP contribution in [-0.2, 0) is 11.3 Å². The fraction of sp³-hybridized carbons (Fsp3) is 0.429. The number of ether oxygens (including phenoxy) is 1. The molecule has 8 nitrogen and oxygen atoms in total. The first-order valence-corrected chi connectivity index (χ1v) is 10.7. The van der Waals surface area contributed by atoms with E-state index in [0.717, 1.165) is 12.1 Å². The summed E-state index contributed by atoms with van der Waals surface area (Å²) in [5, 5.41) is 9.11. The van der Waals surface area contributed by atoms with Crippen LogP contribution in [0.5, 0.6) is 0 Å². The molecule has 1 aliphatic rings. The minimum absolute atomic E-state index is 0.131. The molecule has 1 aromatic heterocycles. The van der Waals surface area contributed by atoms with Gasteiger partial charge in [-0.1, -0.05) is 29.3 Å². The molecule has 31 heavy (non-hydrogen) atoms. The second-order valence-electron chi connectivity index (χ2n) is 7.28. The fourth-order valence-electron chi connectivity index (χ4n) is 3.37. The van der Waals surface area contributed by atoms with Crippen molar-refractivity contribution in [2.45, 2.75) is 25.6 Å². The van der Waals surface area contributed by atoms with Gasteiger partial charge in [0.2, 0.25) is 0 Å². The normalized spacial score (nSPS) is 17.7. The summed E-state index contributed by atoms with van der Waals surface area (Å²) in [4.78, 5) is 25.9. The molecule has 3 amide bonds. The van der Waals surface area contributed by atoms with E-state index < -0.39 is 0 Å². The molecule has 2 aromatic rings. The zero-order valence-corrected chi connectivity index (χ0v) is 18.9. The van der Waals surface area contributed by atoms with Gasteiger partial charge in [-0.25, -0.2) is 4.79 Å². The van der Waals surface area contributed by atoms with Crippen LogP contribution in [0, 0.1) is 0 Å². The van der Waals surface area contributed by atoms with Crippen LogP contribution in [0.15, 0.2) is 34.9 Å². The maximum atomic E-state index is 12.1. The van der Waals surface area contributed by atoms with Crippen molar-refractivity contribution in [3.63, 3.8) is 0 Å². The maximum absolute atomic E-state index is 12.1. The molecule has 1 aliphatic heterocycles. The van der Waals surface area contributed by atoms with Gasteiger partial charge in [-0.15, -0.1) is 0 Å². The molecule has 0 aliphatic carbocycles. The Morgan fingerprint density at radius 3 is 2.77 bits per heavy atom. The molecule has 0 radical (unpaired) electrons. The zero-order chi connectivity index (χ0) is 22.4. The van der Waals surface area contributed by atoms with E-state index in [4.69, 9.17) is 32.4 Å². The molecule has 2 heterocycles. The molecule has 2 atom stereocenters. The second-order valence-corrected chi connectivity index (χ2v) is 8.10. The van der Waals surface area contributed by atoms with Crippen LogP contribution in [-0.4, -0.2) is 56.2 Å². The maximum Gasteiger partial charge on any atom is 0.315 e. The van der Waals surface area contributed by atoms with Crippen molar-refractivity contribution in [3.8, 4) is 0 Å². The summed E-state index contributed by atoms with van der Waals surface area (Å²) in [6.45, 7) is 4.70. The third-order valence-corrected chi connectivity index (χ3v) is 5.94. The third kappa shape index (κ3) is 6.36. The number of amides is 3. The molecule has 1 saturated heterocycles. The quantitative estimate of drug-likeness (QED) is 0.579. The molecular formula is C21H26Cl2N4O4. The van der Waals surface area contributed by atoms with Crippen LogP contribution in [0.3, 0.4) is 0 Å². The first-order valence-electron chi connectivity index (χ1n) is 9.99. The van der Waals surface area contributed by atoms with E-state index in [1.54, 1.807) is 19.2 Å². The SMILES string of the molecule is CNC(=O)c1coc(CNC(=O)NC[C@H]2CN(C(C)c3ccc(Cl)c(Cl)c3)CCO2)c1. The lowest BCUT2D eigenvalue weighted by atomic mass is 10.1. The second kappa shape index (κ2) is 10.9. The number of morpholine rings is 1. The Morgan fingerprint density at radius 1 is 1.23 bits per heavy atom. The highest BCUT2D eigenvalue weighted by atomic mass is 35.5. The standard InChI is InChI=1S/C21H26Cl2N4O4/c1-13(14-3-4-18(22)19(23)8-14)27-5-6-30-17(11-27)10-26-21(29)25-9-16-7-15(12-31-16)20(28)24-2/h3-4,7-8,12-13,17H,5-6,9-11H2,1-2H3,(H,24,28)(H2,25,26,29)/t13?,17-/m0/s1. The van der Waals surface area contributed by atoms with Crippen molar-refractivity contribution in [1.29, 1.82) is 0 Å². The summed E-state index contributed by atoms with van der Waals surface area (Å²) in [5.74, 6) is 0.248. The Balaban J connectivity index is 1.44. The number of nitrogens with one attached hydrogen (secondary N) is 3. The van der Waals surface area contributed by atoms with Gasteiger partial charge >= 0.3 is 6.03 Å². The number of hydrogen-bond donors (Lipinski definition) is 3. The summed E-state index contributed by atoms with van der Waals surface area (Å²) in [6.07, 6.45) is 1.22. The molecule has 3 rings (SSSR count). The molecule has 3 N–H and O–H groups in total. The van der Waals surface area contributed by atoms with Gasteiger partial charge in [0.05, 0.1) is 34.9 Å². The lowest BCUT2D eigenvalue weighted by Crippen LogP contribution is -2.49. The van der Waals surface area contributed by atoms with Crippen LogP contribution in [0.1, 0.15) is 34.6 Å². The molecule has 1 unspecified atom stereocenters. The van der Waals surface area contributed by atoms with Crippen molar-refractivity contribution < 1.29 is 18.7 Å². The highest BCUT2D eigenvalue weighted by Gasteiger charge is 2.25. The summed E-state index contributed by atoms with van der Waals surface area (Å²) in [5.41, 5.74) is 1.49. The van der Waals surface area contributed by atoms with Crippen LogP contribution < -0.4 is 16.0 Å². The Kier molecular flexibility index (Phi) is 8.20. The number of furan rings is 1. The highest BCUT2D eigenvalue weighted by molar-refractivity contribution is 6.42. The molecule has 168 valence electrons. The van der Waals surface area contributed by atoms with Gasteiger partial charge in [0.15, 0.2) is 0 Å². The lowest BCUT2D eigenvalue weighted by molar-refractivity contribution is -0.0388. The van der Waals surface area contributed by atoms with E-state index in [2.05, 4.69) is 27.8 Å². The van der Waals surface area contributed by atoms with E-state index in [1.165, 1.54) is 6.26 Å². The number of hydrogen-bond acceptors (Lipinski definition) is 5. The number of urea groups is 1. The smallest absolute Gasteiger partial charge is 0.315 e. The van der Waals surface area contributed by atoms with Gasteiger partial charge in [0, 0.05) is 32.7 Å². The third-order valence-electron chi connectivity index (χ3n) is 5.20. The summed E-state index contributed by atoms with van der Waals surface area (Å²) >= 11 is 12.2. The van der Waals surface area contributed by atoms with Crippen LogP contribution in [0.25, 0.3) is 0 Å². The minimum atomic E-state index is -0.337. The van der Waals surface area contributed by atoms with Gasteiger partial charge in [0.25, 0.3) is 5.91 Å². The summed E-state index contributed by atoms with van der Waals surface area (Å²) in [6, 6.07) is 7.05. The number of rotatable bonds is 7. The van der Waals surface area contributed by atoms with E-state index in [0.29, 0.717) is 41.1 Å². The predicted octanol–water partition coefficient (Wildman–Crippen LogP) is 3.21. The average molecular weight is 469 g/mol. The first-order chi connectivity index (χ1) is 14.9. The van der Waals surface area contributed by atoms with Crippen molar-refractivity contribution in [2.75, 3.05) is 33.3 Å². The number of carbonyl (C=O) groups is 2. The largest absolute Gasteiger partial charge is 0.467 e. The zero-order valence-electron chi connectivity index (χ0n) is 17.4. The van der Waals surface area contributed by atoms with Gasteiger partial charge in [-0.05, 0) is 30.7 Å². The minimum Gasteiger partial charge on any atom is -0.467 e. The Bertz CT molecular complexity index is 921. The van der Waals surface area contributed by atoms with Gasteiger partial charge in [0.1, 0.15) is 12.0 Å². The van der Waals surface area contributed by atoms with E-state index in [1.807, 2.05) is 12.1 Å². The van der Waals surface area contributed by atoms with Crippen LogP contribution in [0.2, 0.25) is 10.0 Å². The van der Waals surface area contributed by atoms with Gasteiger partial charge < -0.3 is 25.1 Å². The van der Waals surface area contributed by atoms with Crippen LogP contribution in [0.4, 0.5) is 4.79 Å². The topological polar surface area (TPSA) is 95.8 Å². The molecular weight excluding hydrogens is 443 g/mol. The van der Waals surface area contributed by atoms with Crippen molar-refractivity contribution in [2.24, 2.45) is 0 Å². The average Bonchev–Trinajstić information content (AvgIpc) is 3.26. The Morgan fingerprint density at radius 2 is 2.03 bits per heavy atom. The van der Waals surface area contributed by atoms with E-state index in [9.17, 15) is 9.59 Å². The number of benzene rings is 1. The highest BCUT2D eigenvalue weighted by Crippen LogP contribution is 2.29. The number of halogens is 2. The monoisotopic (exact) mass is 468 g/mol. The number of carbonyl (C=O) groups excluding carboxylic acids is 2. The van der Waals surface area contributed by atoms with Gasteiger partial charge in [-0.2, -0.15) is 0 Å². The Labute approximate surface area is 191 Å². The van der Waals surface area contributed by atoms with Crippen molar-refractivity contribution >= 4 is 35.1 Å². The van der Waals surface area contributed by atoms with Crippen molar-refractivity contribution in [1.82, 2.24) is 20.9 Å². The summed E-state index contributed by atoms with van der Waals surface area (Å²) < 4.78 is 11.1. The molecule has 1 fully saturated rings. The summed E-state index contributed by atoms with van der Waals surface area (Å²) in [7, 11) is 1.54. The van der Waals surface area contributed by atoms with E-state index in [-0.39, 0.29) is 30.6 Å². The number of nitrogens with zero attached hydrogens (tertiary/aromatic N) is 1. The first kappa shape index (κ1) is 23.4. The molecule has 0 bridgehead atoms. The van der Waals surface area contributed by atoms with E-state index >= 15 is 0 Å². The predicted molar refractivity (Wildman–Crippen MR) is 119 cm³/mol. The van der Waals surface area contributed by atoms with Crippen molar-refractivity contribution in [3.05, 3.63) is 57.5 Å². The Hall–Kier alpha value is -2.26. The fourth-order valence-corrected chi connectivity index (χ4v) is 3.68. The molecule has 1 aromatic carbocycles. The van der Waals surface area contributed by atoms with Gasteiger partial charge in [-0.3, -0.25) is 9.69 Å². The molecule has 10 heteroatoms.